The van der Waals surface area contributed by atoms with Crippen LogP contribution >= 0.6 is 0 Å². The molecule has 3 saturated carbocycles. The Kier molecular flexibility index (Phi) is 46.8. The quantitative estimate of drug-likeness (QED) is 0.0407. The summed E-state index contributed by atoms with van der Waals surface area (Å²) < 4.78 is 0. The van der Waals surface area contributed by atoms with Gasteiger partial charge in [-0.3, -0.25) is 28.8 Å². The molecule has 560 valence electrons. The Bertz CT molecular complexity index is 2100. The first-order valence-electron chi connectivity index (χ1n) is 38.4. The third-order valence-electron chi connectivity index (χ3n) is 17.1. The first-order chi connectivity index (χ1) is 43.3. The molecule has 0 heterocycles. The van der Waals surface area contributed by atoms with Gasteiger partial charge in [-0.2, -0.15) is 0 Å². The fourth-order valence-electron chi connectivity index (χ4n) is 12.4. The molecule has 6 N–H and O–H groups in total. The fourth-order valence-corrected chi connectivity index (χ4v) is 12.4. The fraction of sp³-hybridized carbons (Fsp3) is 0.880. The van der Waals surface area contributed by atoms with Gasteiger partial charge in [0.15, 0.2) is 0 Å². The molecule has 6 amide bonds. The van der Waals surface area contributed by atoms with E-state index in [2.05, 4.69) is 163 Å². The summed E-state index contributed by atoms with van der Waals surface area (Å²) in [5.74, 6) is 6.06. The average Bonchev–Trinajstić information content (AvgIpc) is 1.81. The van der Waals surface area contributed by atoms with Gasteiger partial charge in [0, 0.05) is 68.7 Å². The molecule has 3 aliphatic rings. The van der Waals surface area contributed by atoms with Crippen LogP contribution in [0.4, 0.5) is 0 Å². The zero-order chi connectivity index (χ0) is 74.5. The van der Waals surface area contributed by atoms with E-state index in [1.54, 1.807) is 0 Å². The molecule has 0 aromatic heterocycles. The number of amides is 6. The zero-order valence-corrected chi connectivity index (χ0v) is 68.5. The maximum atomic E-state index is 12.2. The number of hydrogen-bond donors (Lipinski definition) is 6. The van der Waals surface area contributed by atoms with Crippen molar-refractivity contribution in [2.45, 2.75) is 401 Å². The van der Waals surface area contributed by atoms with Gasteiger partial charge in [-0.25, -0.2) is 0 Å². The van der Waals surface area contributed by atoms with Crippen LogP contribution in [0, 0.1) is 70.5 Å². The van der Waals surface area contributed by atoms with Crippen LogP contribution in [0.25, 0.3) is 0 Å². The lowest BCUT2D eigenvalue weighted by Gasteiger charge is -2.31. The SMILES string of the molecule is C=C(C)CC(CCC)C(=O)NC(C)(C)C.C=CCCC(C(=O)NC(C)(C)C)C(C)C.CCCC(CC(C)(C)C)C(=O)NC(C)(C)C.CCCC(CC1CC1C)C(=O)NC(C)(C)C.CCCC(CC1CCC1)C(=O)NC(C)(C)C.CCCC(CC1CCCC1)C(=O)NC(C)(C)C. The van der Waals surface area contributed by atoms with Crippen LogP contribution in [0.15, 0.2) is 24.8 Å². The van der Waals surface area contributed by atoms with Crippen LogP contribution in [0.3, 0.4) is 0 Å². The minimum atomic E-state index is -0.141. The van der Waals surface area contributed by atoms with Crippen LogP contribution in [-0.2, 0) is 28.8 Å². The predicted octanol–water partition coefficient (Wildman–Crippen LogP) is 20.9. The third kappa shape index (κ3) is 54.8. The van der Waals surface area contributed by atoms with Gasteiger partial charge in [-0.15, -0.1) is 13.2 Å². The predicted molar refractivity (Wildman–Crippen MR) is 411 cm³/mol. The second-order valence-electron chi connectivity index (χ2n) is 37.1. The van der Waals surface area contributed by atoms with Gasteiger partial charge < -0.3 is 31.9 Å². The first-order valence-corrected chi connectivity index (χ1v) is 38.4. The molecule has 0 aromatic carbocycles. The van der Waals surface area contributed by atoms with E-state index in [1.165, 1.54) is 51.4 Å². The van der Waals surface area contributed by atoms with Crippen molar-refractivity contribution in [3.8, 4) is 0 Å². The van der Waals surface area contributed by atoms with E-state index in [0.29, 0.717) is 5.92 Å². The number of hydrogen-bond acceptors (Lipinski definition) is 6. The highest BCUT2D eigenvalue weighted by molar-refractivity contribution is 5.81. The van der Waals surface area contributed by atoms with E-state index in [9.17, 15) is 28.8 Å². The topological polar surface area (TPSA) is 175 Å². The van der Waals surface area contributed by atoms with Gasteiger partial charge in [0.05, 0.1) is 0 Å². The summed E-state index contributed by atoms with van der Waals surface area (Å²) in [5, 5.41) is 18.5. The van der Waals surface area contributed by atoms with Gasteiger partial charge in [0.25, 0.3) is 0 Å². The molecule has 8 unspecified atom stereocenters. The van der Waals surface area contributed by atoms with E-state index < -0.39 is 0 Å². The van der Waals surface area contributed by atoms with Crippen molar-refractivity contribution in [2.24, 2.45) is 70.5 Å². The molecule has 95 heavy (non-hydrogen) atoms. The molecular formula is C83H162N6O6. The lowest BCUT2D eigenvalue weighted by atomic mass is 9.77. The molecule has 3 aliphatic carbocycles. The van der Waals surface area contributed by atoms with Crippen LogP contribution in [0.5, 0.6) is 0 Å². The van der Waals surface area contributed by atoms with E-state index >= 15 is 0 Å². The summed E-state index contributed by atoms with van der Waals surface area (Å²) in [6.45, 7) is 70.0. The lowest BCUT2D eigenvalue weighted by Crippen LogP contribution is -2.45. The van der Waals surface area contributed by atoms with E-state index in [0.717, 1.165) is 138 Å². The summed E-state index contributed by atoms with van der Waals surface area (Å²) in [5.41, 5.74) is 0.601. The Labute approximate surface area is 590 Å². The number of nitrogens with one attached hydrogen (secondary N) is 6. The molecule has 12 heteroatoms. The van der Waals surface area contributed by atoms with Gasteiger partial charge in [0.1, 0.15) is 0 Å². The van der Waals surface area contributed by atoms with E-state index in [4.69, 9.17) is 0 Å². The summed E-state index contributed by atoms with van der Waals surface area (Å²) in [4.78, 5) is 72.5. The van der Waals surface area contributed by atoms with Crippen molar-refractivity contribution in [2.75, 3.05) is 0 Å². The van der Waals surface area contributed by atoms with Crippen LogP contribution in [0.2, 0.25) is 0 Å². The van der Waals surface area contributed by atoms with Gasteiger partial charge in [-0.1, -0.05) is 165 Å². The first kappa shape index (κ1) is 95.5. The molecule has 12 nitrogen and oxygen atoms in total. The third-order valence-corrected chi connectivity index (χ3v) is 17.1. The number of rotatable bonds is 29. The van der Waals surface area contributed by atoms with Crippen molar-refractivity contribution < 1.29 is 28.8 Å². The zero-order valence-electron chi connectivity index (χ0n) is 68.5. The Morgan fingerprint density at radius 3 is 0.947 bits per heavy atom. The summed E-state index contributed by atoms with van der Waals surface area (Å²) in [6, 6.07) is 0. The van der Waals surface area contributed by atoms with Gasteiger partial charge in [0.2, 0.25) is 35.4 Å². The largest absolute Gasteiger partial charge is 0.351 e. The van der Waals surface area contributed by atoms with Gasteiger partial charge in [-0.05, 0) is 250 Å². The summed E-state index contributed by atoms with van der Waals surface area (Å²) in [6.07, 6.45) is 30.0. The Balaban J connectivity index is -0.00000107. The normalized spacial score (nSPS) is 17.8. The van der Waals surface area contributed by atoms with Crippen molar-refractivity contribution in [3.05, 3.63) is 24.8 Å². The minimum Gasteiger partial charge on any atom is -0.351 e. The molecule has 8 atom stereocenters. The molecule has 0 saturated heterocycles. The molecule has 3 rings (SSSR count). The van der Waals surface area contributed by atoms with Crippen LogP contribution < -0.4 is 31.9 Å². The van der Waals surface area contributed by atoms with E-state index in [1.807, 2.05) is 96.1 Å². The Morgan fingerprint density at radius 2 is 0.695 bits per heavy atom. The van der Waals surface area contributed by atoms with Crippen molar-refractivity contribution in [1.82, 2.24) is 31.9 Å². The Morgan fingerprint density at radius 1 is 0.421 bits per heavy atom. The summed E-state index contributed by atoms with van der Waals surface area (Å²) in [7, 11) is 0. The molecule has 0 spiro atoms. The van der Waals surface area contributed by atoms with E-state index in [-0.39, 0.29) is 110 Å². The van der Waals surface area contributed by atoms with Gasteiger partial charge >= 0.3 is 0 Å². The van der Waals surface area contributed by atoms with Crippen LogP contribution in [0.1, 0.15) is 368 Å². The highest BCUT2D eigenvalue weighted by Gasteiger charge is 2.37. The number of allylic oxidation sites excluding steroid dienone is 2. The highest BCUT2D eigenvalue weighted by Crippen LogP contribution is 2.43. The molecule has 3 fully saturated rings. The number of carbonyl (C=O) groups excluding carboxylic acids is 6. The van der Waals surface area contributed by atoms with Crippen LogP contribution in [-0.4, -0.2) is 68.7 Å². The summed E-state index contributed by atoms with van der Waals surface area (Å²) >= 11 is 0. The molecule has 0 aliphatic heterocycles. The molecule has 0 aromatic rings. The lowest BCUT2D eigenvalue weighted by molar-refractivity contribution is -0.128. The van der Waals surface area contributed by atoms with Crippen molar-refractivity contribution in [3.63, 3.8) is 0 Å². The maximum Gasteiger partial charge on any atom is 0.223 e. The standard InChI is InChI=1S/C15H29NO.2C14H27NO.C14H29NO.2C13H25NO/c1-5-8-13(11-12-9-6-7-10-12)14(17)16-15(2,3)4;1-6-7-11(9-12-8-10(12)2)13(16)15-14(3,4)5;1-5-7-12(10-11-8-6-9-11)13(16)15-14(2,3)4;1-8-9-11(10-13(2,3)4)12(16)15-14(5,6)7;1-7-8-11(9-10(2)3)12(15)14-13(4,5)6;1-7-8-9-11(10(2)3)12(15)14-13(4,5)6/h12-13H,5-11H2,1-4H3,(H,16,17);10-12H,6-9H2,1-5H3,(H,15,16);11-12H,5-10H2,1-4H3,(H,15,16);11H,8-10H2,1-7H3,(H,15,16);11H,2,7-9H2,1,3-6H3,(H,14,15);7,10-11H,1,8-9H2,2-6H3,(H,14,15). The van der Waals surface area contributed by atoms with Crippen molar-refractivity contribution in [1.29, 1.82) is 0 Å². The second kappa shape index (κ2) is 46.6. The average molecular weight is 1340 g/mol. The number of carbonyl (C=O) groups is 6. The smallest absolute Gasteiger partial charge is 0.223 e. The highest BCUT2D eigenvalue weighted by atomic mass is 16.2. The second-order valence-corrected chi connectivity index (χ2v) is 37.1. The molecular weight excluding hydrogens is 1180 g/mol. The monoisotopic (exact) mass is 1340 g/mol. The maximum absolute atomic E-state index is 12.2. The minimum absolute atomic E-state index is 0.0896. The molecule has 0 radical (unpaired) electrons. The molecule has 0 bridgehead atoms. The Hall–Kier alpha value is -3.70. The van der Waals surface area contributed by atoms with Crippen molar-refractivity contribution >= 4 is 35.4 Å².